The van der Waals surface area contributed by atoms with Crippen LogP contribution in [0.5, 0.6) is 0 Å². The van der Waals surface area contributed by atoms with Crippen molar-refractivity contribution in [3.05, 3.63) is 17.0 Å². The Bertz CT molecular complexity index is 640. The van der Waals surface area contributed by atoms with Gasteiger partial charge in [0.25, 0.3) is 0 Å². The summed E-state index contributed by atoms with van der Waals surface area (Å²) in [7, 11) is 3.54. The van der Waals surface area contributed by atoms with Gasteiger partial charge in [0, 0.05) is 51.8 Å². The zero-order valence-corrected chi connectivity index (χ0v) is 16.0. The Hall–Kier alpha value is -2.05. The molecule has 0 unspecified atom stereocenters. The van der Waals surface area contributed by atoms with Crippen molar-refractivity contribution in [1.29, 1.82) is 0 Å². The third-order valence-electron chi connectivity index (χ3n) is 5.42. The minimum atomic E-state index is 0.0225. The number of urea groups is 1. The third-order valence-corrected chi connectivity index (χ3v) is 5.42. The molecule has 2 heterocycles. The summed E-state index contributed by atoms with van der Waals surface area (Å²) in [6.45, 7) is 1.36. The quantitative estimate of drug-likeness (QED) is 0.859. The number of fused-ring (bicyclic) bond motifs is 1. The Balaban J connectivity index is 1.50. The molecule has 0 radical (unpaired) electrons. The molecule has 0 bridgehead atoms. The lowest BCUT2D eigenvalue weighted by Crippen LogP contribution is -2.47. The van der Waals surface area contributed by atoms with Gasteiger partial charge in [-0.05, 0) is 50.5 Å². The number of nitrogens with zero attached hydrogens (tertiary/aromatic N) is 3. The molecule has 0 saturated carbocycles. The highest BCUT2D eigenvalue weighted by Crippen LogP contribution is 2.23. The molecular weight excluding hydrogens is 330 g/mol. The number of carbonyl (C=O) groups excluding carboxylic acids is 2. The molecule has 1 aliphatic carbocycles. The highest BCUT2D eigenvalue weighted by atomic mass is 16.2. The maximum absolute atomic E-state index is 12.4. The summed E-state index contributed by atoms with van der Waals surface area (Å²) in [5.74, 6) is 0.0571. The van der Waals surface area contributed by atoms with Crippen LogP contribution in [0, 0.1) is 0 Å². The highest BCUT2D eigenvalue weighted by molar-refractivity contribution is 5.77. The van der Waals surface area contributed by atoms with Crippen LogP contribution in [0.1, 0.15) is 55.5 Å². The minimum absolute atomic E-state index is 0.0225. The summed E-state index contributed by atoms with van der Waals surface area (Å²) in [4.78, 5) is 28.1. The van der Waals surface area contributed by atoms with E-state index in [9.17, 15) is 9.59 Å². The van der Waals surface area contributed by atoms with Crippen LogP contribution in [-0.4, -0.2) is 65.2 Å². The zero-order chi connectivity index (χ0) is 18.5. The first-order chi connectivity index (χ1) is 12.5. The second-order valence-electron chi connectivity index (χ2n) is 7.72. The Morgan fingerprint density at radius 1 is 1.23 bits per heavy atom. The molecule has 7 heteroatoms. The maximum atomic E-state index is 12.4. The van der Waals surface area contributed by atoms with Gasteiger partial charge in [-0.15, -0.1) is 0 Å². The van der Waals surface area contributed by atoms with Crippen molar-refractivity contribution < 1.29 is 9.59 Å². The van der Waals surface area contributed by atoms with Crippen LogP contribution in [0.15, 0.2) is 0 Å². The van der Waals surface area contributed by atoms with Crippen LogP contribution in [0.3, 0.4) is 0 Å². The van der Waals surface area contributed by atoms with E-state index in [0.29, 0.717) is 19.4 Å². The Morgan fingerprint density at radius 2 is 2.04 bits per heavy atom. The first kappa shape index (κ1) is 18.7. The fraction of sp³-hybridized carbons (Fsp3) is 0.737. The van der Waals surface area contributed by atoms with Crippen LogP contribution in [0.2, 0.25) is 0 Å². The predicted molar refractivity (Wildman–Crippen MR) is 100.0 cm³/mol. The SMILES string of the molecule is CN(C)C(=O)N1CCCC[C@@H](NC(=O)CCc2n[nH]c3c2CCCC3)C1. The highest BCUT2D eigenvalue weighted by Gasteiger charge is 2.24. The molecule has 1 aromatic heterocycles. The monoisotopic (exact) mass is 361 g/mol. The number of H-pyrrole nitrogens is 1. The fourth-order valence-electron chi connectivity index (χ4n) is 4.00. The number of carbonyl (C=O) groups is 2. The summed E-state index contributed by atoms with van der Waals surface area (Å²) in [6, 6.07) is 0.0660. The Labute approximate surface area is 155 Å². The van der Waals surface area contributed by atoms with E-state index >= 15 is 0 Å². The lowest BCUT2D eigenvalue weighted by Gasteiger charge is -2.27. The largest absolute Gasteiger partial charge is 0.352 e. The van der Waals surface area contributed by atoms with E-state index in [1.54, 1.807) is 19.0 Å². The molecule has 1 aromatic rings. The molecule has 1 atom stereocenters. The molecule has 0 aromatic carbocycles. The zero-order valence-electron chi connectivity index (χ0n) is 16.0. The van der Waals surface area contributed by atoms with Crippen molar-refractivity contribution in [3.63, 3.8) is 0 Å². The molecule has 1 aliphatic heterocycles. The lowest BCUT2D eigenvalue weighted by atomic mass is 9.94. The van der Waals surface area contributed by atoms with E-state index in [1.807, 2.05) is 4.90 Å². The summed E-state index contributed by atoms with van der Waals surface area (Å²) in [6.07, 6.45) is 8.68. The van der Waals surface area contributed by atoms with Crippen LogP contribution < -0.4 is 5.32 Å². The summed E-state index contributed by atoms with van der Waals surface area (Å²) < 4.78 is 0. The average molecular weight is 361 g/mol. The second kappa shape index (κ2) is 8.56. The summed E-state index contributed by atoms with van der Waals surface area (Å²) in [5.41, 5.74) is 3.65. The normalized spacial score (nSPS) is 20.2. The van der Waals surface area contributed by atoms with Gasteiger partial charge in [0.1, 0.15) is 0 Å². The van der Waals surface area contributed by atoms with Gasteiger partial charge in [-0.1, -0.05) is 0 Å². The smallest absolute Gasteiger partial charge is 0.319 e. The van der Waals surface area contributed by atoms with Gasteiger partial charge >= 0.3 is 6.03 Å². The van der Waals surface area contributed by atoms with E-state index in [4.69, 9.17) is 0 Å². The predicted octanol–water partition coefficient (Wildman–Crippen LogP) is 1.87. The van der Waals surface area contributed by atoms with Crippen LogP contribution in [-0.2, 0) is 24.1 Å². The van der Waals surface area contributed by atoms with Gasteiger partial charge < -0.3 is 15.1 Å². The second-order valence-corrected chi connectivity index (χ2v) is 7.72. The van der Waals surface area contributed by atoms with Gasteiger partial charge in [0.05, 0.1) is 5.69 Å². The Kier molecular flexibility index (Phi) is 6.16. The van der Waals surface area contributed by atoms with Crippen LogP contribution >= 0.6 is 0 Å². The van der Waals surface area contributed by atoms with Crippen molar-refractivity contribution in [2.45, 2.75) is 63.8 Å². The van der Waals surface area contributed by atoms with E-state index in [2.05, 4.69) is 15.5 Å². The van der Waals surface area contributed by atoms with E-state index < -0.39 is 0 Å². The summed E-state index contributed by atoms with van der Waals surface area (Å²) >= 11 is 0. The lowest BCUT2D eigenvalue weighted by molar-refractivity contribution is -0.121. The number of hydrogen-bond donors (Lipinski definition) is 2. The van der Waals surface area contributed by atoms with E-state index in [1.165, 1.54) is 24.1 Å². The number of rotatable bonds is 4. The number of hydrogen-bond acceptors (Lipinski definition) is 3. The van der Waals surface area contributed by atoms with Crippen molar-refractivity contribution in [1.82, 2.24) is 25.3 Å². The number of nitrogens with one attached hydrogen (secondary N) is 2. The van der Waals surface area contributed by atoms with Gasteiger partial charge in [-0.25, -0.2) is 4.79 Å². The fourth-order valence-corrected chi connectivity index (χ4v) is 4.00. The van der Waals surface area contributed by atoms with Crippen molar-refractivity contribution in [3.8, 4) is 0 Å². The minimum Gasteiger partial charge on any atom is -0.352 e. The molecule has 26 heavy (non-hydrogen) atoms. The molecule has 7 nitrogen and oxygen atoms in total. The van der Waals surface area contributed by atoms with Crippen molar-refractivity contribution >= 4 is 11.9 Å². The number of aromatic nitrogens is 2. The molecule has 0 spiro atoms. The van der Waals surface area contributed by atoms with E-state index in [0.717, 1.165) is 44.3 Å². The molecule has 144 valence electrons. The molecule has 1 fully saturated rings. The van der Waals surface area contributed by atoms with E-state index in [-0.39, 0.29) is 18.0 Å². The van der Waals surface area contributed by atoms with Gasteiger partial charge in [-0.2, -0.15) is 5.10 Å². The number of aryl methyl sites for hydroxylation is 2. The number of aromatic amines is 1. The first-order valence-corrected chi connectivity index (χ1v) is 9.85. The molecule has 3 rings (SSSR count). The summed E-state index contributed by atoms with van der Waals surface area (Å²) in [5, 5.41) is 10.7. The van der Waals surface area contributed by atoms with Gasteiger partial charge in [0.15, 0.2) is 0 Å². The number of amides is 3. The molecule has 2 aliphatic rings. The average Bonchev–Trinajstić information content (AvgIpc) is 2.90. The van der Waals surface area contributed by atoms with Crippen molar-refractivity contribution in [2.75, 3.05) is 27.2 Å². The van der Waals surface area contributed by atoms with Gasteiger partial charge in [0.2, 0.25) is 5.91 Å². The standard InChI is InChI=1S/C19H31N5O2/c1-23(2)19(26)24-12-6-5-7-14(13-24)20-18(25)11-10-17-15-8-3-4-9-16(15)21-22-17/h14H,3-13H2,1-2H3,(H,20,25)(H,21,22)/t14-/m1/s1. The first-order valence-electron chi connectivity index (χ1n) is 9.85. The molecular formula is C19H31N5O2. The van der Waals surface area contributed by atoms with Gasteiger partial charge in [-0.3, -0.25) is 9.89 Å². The topological polar surface area (TPSA) is 81.3 Å². The molecule has 1 saturated heterocycles. The maximum Gasteiger partial charge on any atom is 0.319 e. The molecule has 3 amide bonds. The van der Waals surface area contributed by atoms with Crippen LogP contribution in [0.25, 0.3) is 0 Å². The van der Waals surface area contributed by atoms with Crippen molar-refractivity contribution in [2.24, 2.45) is 0 Å². The third kappa shape index (κ3) is 4.56. The Morgan fingerprint density at radius 3 is 2.85 bits per heavy atom. The number of likely N-dealkylation sites (tertiary alicyclic amines) is 1. The molecule has 2 N–H and O–H groups in total. The van der Waals surface area contributed by atoms with Crippen LogP contribution in [0.4, 0.5) is 4.79 Å².